The first-order valence-corrected chi connectivity index (χ1v) is 5.10. The first kappa shape index (κ1) is 9.79. The zero-order chi connectivity index (χ0) is 8.81. The number of nitrogens with zero attached hydrogens (tertiary/aromatic N) is 1. The smallest absolute Gasteiger partial charge is 0.0157 e. The summed E-state index contributed by atoms with van der Waals surface area (Å²) in [5, 5.41) is 0. The minimum absolute atomic E-state index is 0.888. The molecular formula is C11H21N. The highest BCUT2D eigenvalue weighted by Crippen LogP contribution is 2.24. The Balaban J connectivity index is 2.15. The van der Waals surface area contributed by atoms with Crippen molar-refractivity contribution in [3.8, 4) is 0 Å². The predicted molar refractivity (Wildman–Crippen MR) is 54.3 cm³/mol. The molecule has 70 valence electrons. The van der Waals surface area contributed by atoms with Crippen LogP contribution in [0.3, 0.4) is 0 Å². The maximum atomic E-state index is 2.42. The number of hydrogen-bond donors (Lipinski definition) is 0. The van der Waals surface area contributed by atoms with E-state index in [1.165, 1.54) is 32.1 Å². The van der Waals surface area contributed by atoms with E-state index in [-0.39, 0.29) is 0 Å². The van der Waals surface area contributed by atoms with E-state index in [0.717, 1.165) is 12.5 Å². The molecule has 1 aliphatic rings. The van der Waals surface area contributed by atoms with Crippen molar-refractivity contribution in [1.29, 1.82) is 0 Å². The highest BCUT2D eigenvalue weighted by Gasteiger charge is 2.09. The highest BCUT2D eigenvalue weighted by molar-refractivity contribution is 4.90. The van der Waals surface area contributed by atoms with Crippen molar-refractivity contribution in [2.45, 2.75) is 32.1 Å². The SMILES string of the molecule is CN(C)CC=CC1CCCCC1. The molecule has 1 heteroatoms. The predicted octanol–water partition coefficient (Wildman–Crippen LogP) is 2.68. The first-order chi connectivity index (χ1) is 5.79. The molecule has 0 unspecified atom stereocenters. The minimum Gasteiger partial charge on any atom is -0.306 e. The van der Waals surface area contributed by atoms with Crippen LogP contribution in [0.4, 0.5) is 0 Å². The standard InChI is InChI=1S/C11H21N/c1-12(2)10-6-9-11-7-4-3-5-8-11/h6,9,11H,3-5,7-8,10H2,1-2H3. The normalized spacial score (nSPS) is 20.9. The van der Waals surface area contributed by atoms with Crippen LogP contribution in [-0.4, -0.2) is 25.5 Å². The number of likely N-dealkylation sites (N-methyl/N-ethyl adjacent to an activating group) is 1. The van der Waals surface area contributed by atoms with Crippen molar-refractivity contribution in [3.05, 3.63) is 12.2 Å². The third-order valence-electron chi connectivity index (χ3n) is 2.53. The van der Waals surface area contributed by atoms with Crippen molar-refractivity contribution in [1.82, 2.24) is 4.90 Å². The Hall–Kier alpha value is -0.300. The fourth-order valence-electron chi connectivity index (χ4n) is 1.79. The summed E-state index contributed by atoms with van der Waals surface area (Å²) < 4.78 is 0. The van der Waals surface area contributed by atoms with E-state index in [9.17, 15) is 0 Å². The van der Waals surface area contributed by atoms with Gasteiger partial charge >= 0.3 is 0 Å². The van der Waals surface area contributed by atoms with Crippen molar-refractivity contribution in [2.24, 2.45) is 5.92 Å². The second kappa shape index (κ2) is 5.36. The average Bonchev–Trinajstić information content (AvgIpc) is 2.05. The Morgan fingerprint density at radius 2 is 1.83 bits per heavy atom. The Morgan fingerprint density at radius 1 is 1.17 bits per heavy atom. The monoisotopic (exact) mass is 167 g/mol. The second-order valence-electron chi connectivity index (χ2n) is 4.09. The number of rotatable bonds is 3. The Kier molecular flexibility index (Phi) is 4.37. The number of allylic oxidation sites excluding steroid dienone is 1. The van der Waals surface area contributed by atoms with Crippen molar-refractivity contribution >= 4 is 0 Å². The molecule has 1 rings (SSSR count). The molecule has 1 saturated carbocycles. The molecule has 12 heavy (non-hydrogen) atoms. The van der Waals surface area contributed by atoms with Crippen LogP contribution < -0.4 is 0 Å². The van der Waals surface area contributed by atoms with Gasteiger partial charge in [-0.25, -0.2) is 0 Å². The molecule has 0 bridgehead atoms. The summed E-state index contributed by atoms with van der Waals surface area (Å²) in [6, 6.07) is 0. The van der Waals surface area contributed by atoms with Crippen molar-refractivity contribution < 1.29 is 0 Å². The second-order valence-corrected chi connectivity index (χ2v) is 4.09. The van der Waals surface area contributed by atoms with Gasteiger partial charge in [0.2, 0.25) is 0 Å². The van der Waals surface area contributed by atoms with Crippen LogP contribution in [0.1, 0.15) is 32.1 Å². The van der Waals surface area contributed by atoms with Gasteiger partial charge in [-0.2, -0.15) is 0 Å². The summed E-state index contributed by atoms with van der Waals surface area (Å²) in [7, 11) is 4.23. The van der Waals surface area contributed by atoms with Gasteiger partial charge in [0, 0.05) is 6.54 Å². The molecule has 1 aliphatic carbocycles. The van der Waals surface area contributed by atoms with E-state index in [2.05, 4.69) is 31.1 Å². The van der Waals surface area contributed by atoms with E-state index in [0.29, 0.717) is 0 Å². The molecular weight excluding hydrogens is 146 g/mol. The van der Waals surface area contributed by atoms with E-state index >= 15 is 0 Å². The fraction of sp³-hybridized carbons (Fsp3) is 0.818. The quantitative estimate of drug-likeness (QED) is 0.584. The van der Waals surface area contributed by atoms with Crippen LogP contribution in [0.5, 0.6) is 0 Å². The average molecular weight is 167 g/mol. The molecule has 0 atom stereocenters. The van der Waals surface area contributed by atoms with Gasteiger partial charge in [0.05, 0.1) is 0 Å². The molecule has 0 saturated heterocycles. The van der Waals surface area contributed by atoms with Crippen LogP contribution >= 0.6 is 0 Å². The maximum Gasteiger partial charge on any atom is 0.0157 e. The summed E-state index contributed by atoms with van der Waals surface area (Å²) in [4.78, 5) is 2.21. The highest BCUT2D eigenvalue weighted by atomic mass is 15.0. The van der Waals surface area contributed by atoms with Crippen LogP contribution in [-0.2, 0) is 0 Å². The molecule has 0 heterocycles. The molecule has 1 nitrogen and oxygen atoms in total. The largest absolute Gasteiger partial charge is 0.306 e. The molecule has 0 spiro atoms. The van der Waals surface area contributed by atoms with Crippen LogP contribution in [0.2, 0.25) is 0 Å². The molecule has 1 fully saturated rings. The third-order valence-corrected chi connectivity index (χ3v) is 2.53. The van der Waals surface area contributed by atoms with Crippen LogP contribution in [0.25, 0.3) is 0 Å². The summed E-state index contributed by atoms with van der Waals surface area (Å²) in [6.07, 6.45) is 11.9. The van der Waals surface area contributed by atoms with Gasteiger partial charge < -0.3 is 4.90 Å². The first-order valence-electron chi connectivity index (χ1n) is 5.10. The van der Waals surface area contributed by atoms with Crippen molar-refractivity contribution in [3.63, 3.8) is 0 Å². The summed E-state index contributed by atoms with van der Waals surface area (Å²) >= 11 is 0. The van der Waals surface area contributed by atoms with Gasteiger partial charge in [0.1, 0.15) is 0 Å². The summed E-state index contributed by atoms with van der Waals surface area (Å²) in [6.45, 7) is 1.09. The fourth-order valence-corrected chi connectivity index (χ4v) is 1.79. The summed E-state index contributed by atoms with van der Waals surface area (Å²) in [5.41, 5.74) is 0. The molecule has 0 amide bonds. The molecule has 0 radical (unpaired) electrons. The number of hydrogen-bond acceptors (Lipinski definition) is 1. The van der Waals surface area contributed by atoms with Gasteiger partial charge in [-0.05, 0) is 32.9 Å². The van der Waals surface area contributed by atoms with Gasteiger partial charge in [-0.15, -0.1) is 0 Å². The molecule has 0 aromatic rings. The van der Waals surface area contributed by atoms with E-state index in [1.807, 2.05) is 0 Å². The molecule has 0 aromatic carbocycles. The van der Waals surface area contributed by atoms with Gasteiger partial charge in [-0.3, -0.25) is 0 Å². The van der Waals surface area contributed by atoms with Crippen LogP contribution in [0.15, 0.2) is 12.2 Å². The third kappa shape index (κ3) is 3.91. The topological polar surface area (TPSA) is 3.24 Å². The van der Waals surface area contributed by atoms with Gasteiger partial charge in [0.15, 0.2) is 0 Å². The lowest BCUT2D eigenvalue weighted by atomic mass is 9.89. The molecule has 0 aromatic heterocycles. The lowest BCUT2D eigenvalue weighted by molar-refractivity contribution is 0.414. The van der Waals surface area contributed by atoms with Crippen molar-refractivity contribution in [2.75, 3.05) is 20.6 Å². The summed E-state index contributed by atoms with van der Waals surface area (Å²) in [5.74, 6) is 0.888. The van der Waals surface area contributed by atoms with Gasteiger partial charge in [-0.1, -0.05) is 31.4 Å². The minimum atomic E-state index is 0.888. The Bertz CT molecular complexity index is 132. The lowest BCUT2D eigenvalue weighted by Crippen LogP contribution is -2.11. The van der Waals surface area contributed by atoms with E-state index in [1.54, 1.807) is 0 Å². The zero-order valence-corrected chi connectivity index (χ0v) is 8.42. The molecule has 0 N–H and O–H groups in total. The van der Waals surface area contributed by atoms with Crippen LogP contribution in [0, 0.1) is 5.92 Å². The van der Waals surface area contributed by atoms with Gasteiger partial charge in [0.25, 0.3) is 0 Å². The van der Waals surface area contributed by atoms with E-state index < -0.39 is 0 Å². The molecule has 0 aliphatic heterocycles. The Labute approximate surface area is 76.5 Å². The zero-order valence-electron chi connectivity index (χ0n) is 8.42. The Morgan fingerprint density at radius 3 is 2.42 bits per heavy atom. The lowest BCUT2D eigenvalue weighted by Gasteiger charge is -2.18. The maximum absolute atomic E-state index is 2.42. The van der Waals surface area contributed by atoms with E-state index in [4.69, 9.17) is 0 Å².